The quantitative estimate of drug-likeness (QED) is 0.625. The van der Waals surface area contributed by atoms with Crippen molar-refractivity contribution >= 4 is 5.97 Å². The molecule has 0 aromatic rings. The lowest BCUT2D eigenvalue weighted by molar-refractivity contribution is -0.149. The van der Waals surface area contributed by atoms with Gasteiger partial charge in [-0.2, -0.15) is 0 Å². The molecule has 1 heterocycles. The van der Waals surface area contributed by atoms with E-state index in [0.717, 1.165) is 25.9 Å². The van der Waals surface area contributed by atoms with Crippen molar-refractivity contribution in [3.63, 3.8) is 0 Å². The van der Waals surface area contributed by atoms with Gasteiger partial charge in [-0.1, -0.05) is 19.3 Å². The number of carbonyl (C=O) groups excluding carboxylic acids is 1. The summed E-state index contributed by atoms with van der Waals surface area (Å²) in [5.74, 6) is 0.526. The van der Waals surface area contributed by atoms with Crippen LogP contribution in [0.1, 0.15) is 51.9 Å². The van der Waals surface area contributed by atoms with Crippen molar-refractivity contribution in [2.24, 2.45) is 11.7 Å². The van der Waals surface area contributed by atoms with Crippen molar-refractivity contribution < 1.29 is 9.53 Å². The maximum atomic E-state index is 12.1. The lowest BCUT2D eigenvalue weighted by Crippen LogP contribution is -2.48. The monoisotopic (exact) mass is 268 g/mol. The molecule has 3 unspecified atom stereocenters. The number of rotatable bonds is 4. The molecule has 2 fully saturated rings. The van der Waals surface area contributed by atoms with Gasteiger partial charge in [-0.05, 0) is 51.6 Å². The summed E-state index contributed by atoms with van der Waals surface area (Å²) in [5.41, 5.74) is 5.97. The van der Waals surface area contributed by atoms with Gasteiger partial charge in [0.15, 0.2) is 0 Å². The molecule has 1 aliphatic heterocycles. The van der Waals surface area contributed by atoms with Crippen LogP contribution < -0.4 is 5.73 Å². The van der Waals surface area contributed by atoms with E-state index in [1.165, 1.54) is 32.1 Å². The van der Waals surface area contributed by atoms with Crippen molar-refractivity contribution in [2.75, 3.05) is 19.7 Å². The summed E-state index contributed by atoms with van der Waals surface area (Å²) in [7, 11) is 0. The predicted octanol–water partition coefficient (Wildman–Crippen LogP) is 1.92. The molecule has 3 atom stereocenters. The molecule has 19 heavy (non-hydrogen) atoms. The maximum Gasteiger partial charge on any atom is 0.323 e. The summed E-state index contributed by atoms with van der Waals surface area (Å²) in [6.45, 7) is 4.14. The van der Waals surface area contributed by atoms with Crippen LogP contribution in [0.3, 0.4) is 0 Å². The molecule has 2 rings (SSSR count). The van der Waals surface area contributed by atoms with E-state index in [-0.39, 0.29) is 12.0 Å². The molecule has 2 N–H and O–H groups in total. The van der Waals surface area contributed by atoms with Crippen LogP contribution in [0.4, 0.5) is 0 Å². The van der Waals surface area contributed by atoms with Gasteiger partial charge in [0.25, 0.3) is 0 Å². The van der Waals surface area contributed by atoms with Gasteiger partial charge in [-0.15, -0.1) is 0 Å². The largest absolute Gasteiger partial charge is 0.465 e. The van der Waals surface area contributed by atoms with Crippen molar-refractivity contribution in [1.29, 1.82) is 0 Å². The molecule has 1 saturated heterocycles. The van der Waals surface area contributed by atoms with Gasteiger partial charge in [0.05, 0.1) is 6.61 Å². The second-order valence-electron chi connectivity index (χ2n) is 5.85. The summed E-state index contributed by atoms with van der Waals surface area (Å²) in [6.07, 6.45) is 8.34. The molecule has 0 spiro atoms. The Morgan fingerprint density at radius 3 is 2.74 bits per heavy atom. The molecule has 2 aliphatic rings. The third-order valence-electron chi connectivity index (χ3n) is 4.70. The summed E-state index contributed by atoms with van der Waals surface area (Å²) in [6, 6.07) is 0.474. The van der Waals surface area contributed by atoms with Gasteiger partial charge in [-0.25, -0.2) is 0 Å². The molecule has 1 aliphatic carbocycles. The van der Waals surface area contributed by atoms with Crippen LogP contribution in [0, 0.1) is 5.92 Å². The van der Waals surface area contributed by atoms with Gasteiger partial charge in [-0.3, -0.25) is 9.69 Å². The molecular weight excluding hydrogens is 240 g/mol. The lowest BCUT2D eigenvalue weighted by atomic mass is 9.93. The number of esters is 1. The standard InChI is InChI=1S/C15H28N2O2/c1-2-19-15(18)14-9-6-10-17(14)13-8-5-3-4-7-12(13)11-16/h12-14H,2-11,16H2,1H3. The highest BCUT2D eigenvalue weighted by atomic mass is 16.5. The molecule has 110 valence electrons. The Bertz CT molecular complexity index is 296. The number of carbonyl (C=O) groups is 1. The molecule has 0 aromatic carbocycles. The summed E-state index contributed by atoms with van der Waals surface area (Å²) >= 11 is 0. The Kier molecular flexibility index (Phi) is 5.64. The van der Waals surface area contributed by atoms with Gasteiger partial charge in [0.2, 0.25) is 0 Å². The van der Waals surface area contributed by atoms with E-state index in [0.29, 0.717) is 18.6 Å². The number of nitrogens with two attached hydrogens (primary N) is 1. The average molecular weight is 268 g/mol. The van der Waals surface area contributed by atoms with Crippen molar-refractivity contribution in [1.82, 2.24) is 4.90 Å². The van der Waals surface area contributed by atoms with Crippen LogP contribution in [-0.4, -0.2) is 42.6 Å². The summed E-state index contributed by atoms with van der Waals surface area (Å²) in [5, 5.41) is 0. The fraction of sp³-hybridized carbons (Fsp3) is 0.933. The number of hydrogen-bond acceptors (Lipinski definition) is 4. The molecular formula is C15H28N2O2. The molecule has 0 bridgehead atoms. The minimum atomic E-state index is -0.0278. The van der Waals surface area contributed by atoms with E-state index >= 15 is 0 Å². The van der Waals surface area contributed by atoms with Crippen LogP contribution in [-0.2, 0) is 9.53 Å². The van der Waals surface area contributed by atoms with Crippen LogP contribution in [0.5, 0.6) is 0 Å². The zero-order valence-corrected chi connectivity index (χ0v) is 12.1. The fourth-order valence-electron chi connectivity index (χ4n) is 3.75. The van der Waals surface area contributed by atoms with E-state index in [1.807, 2.05) is 6.92 Å². The lowest BCUT2D eigenvalue weighted by Gasteiger charge is -2.36. The van der Waals surface area contributed by atoms with Crippen LogP contribution in [0.15, 0.2) is 0 Å². The Morgan fingerprint density at radius 2 is 2.00 bits per heavy atom. The summed E-state index contributed by atoms with van der Waals surface area (Å²) < 4.78 is 5.24. The van der Waals surface area contributed by atoms with Gasteiger partial charge in [0.1, 0.15) is 6.04 Å². The minimum Gasteiger partial charge on any atom is -0.465 e. The first kappa shape index (κ1) is 14.8. The van der Waals surface area contributed by atoms with Crippen LogP contribution in [0.2, 0.25) is 0 Å². The average Bonchev–Trinajstić information content (AvgIpc) is 2.77. The number of hydrogen-bond donors (Lipinski definition) is 1. The second kappa shape index (κ2) is 7.25. The fourth-order valence-corrected chi connectivity index (χ4v) is 3.75. The van der Waals surface area contributed by atoms with E-state index in [2.05, 4.69) is 4.90 Å². The Balaban J connectivity index is 2.06. The third-order valence-corrected chi connectivity index (χ3v) is 4.70. The molecule has 1 saturated carbocycles. The SMILES string of the molecule is CCOC(=O)C1CCCN1C1CCCCCC1CN. The number of likely N-dealkylation sites (tertiary alicyclic amines) is 1. The van der Waals surface area contributed by atoms with Crippen LogP contribution >= 0.6 is 0 Å². The van der Waals surface area contributed by atoms with Gasteiger partial charge < -0.3 is 10.5 Å². The maximum absolute atomic E-state index is 12.1. The first-order valence-electron chi connectivity index (χ1n) is 7.90. The Morgan fingerprint density at radius 1 is 1.21 bits per heavy atom. The predicted molar refractivity (Wildman–Crippen MR) is 75.8 cm³/mol. The topological polar surface area (TPSA) is 55.6 Å². The zero-order chi connectivity index (χ0) is 13.7. The molecule has 0 radical (unpaired) electrons. The molecule has 4 heteroatoms. The number of nitrogens with zero attached hydrogens (tertiary/aromatic N) is 1. The summed E-state index contributed by atoms with van der Waals surface area (Å²) in [4.78, 5) is 14.5. The van der Waals surface area contributed by atoms with Crippen molar-refractivity contribution in [3.8, 4) is 0 Å². The van der Waals surface area contributed by atoms with E-state index in [1.54, 1.807) is 0 Å². The second-order valence-corrected chi connectivity index (χ2v) is 5.85. The van der Waals surface area contributed by atoms with Gasteiger partial charge >= 0.3 is 5.97 Å². The molecule has 4 nitrogen and oxygen atoms in total. The Hall–Kier alpha value is -0.610. The van der Waals surface area contributed by atoms with Crippen molar-refractivity contribution in [2.45, 2.75) is 64.0 Å². The van der Waals surface area contributed by atoms with E-state index in [4.69, 9.17) is 10.5 Å². The third kappa shape index (κ3) is 3.48. The van der Waals surface area contributed by atoms with E-state index in [9.17, 15) is 4.79 Å². The van der Waals surface area contributed by atoms with Crippen LogP contribution in [0.25, 0.3) is 0 Å². The first-order valence-corrected chi connectivity index (χ1v) is 7.90. The highest BCUT2D eigenvalue weighted by Crippen LogP contribution is 2.32. The minimum absolute atomic E-state index is 0.0166. The van der Waals surface area contributed by atoms with E-state index < -0.39 is 0 Å². The highest BCUT2D eigenvalue weighted by Gasteiger charge is 2.39. The molecule has 0 aromatic heterocycles. The highest BCUT2D eigenvalue weighted by molar-refractivity contribution is 5.76. The normalized spacial score (nSPS) is 33.1. The van der Waals surface area contributed by atoms with Crippen molar-refractivity contribution in [3.05, 3.63) is 0 Å². The Labute approximate surface area is 116 Å². The van der Waals surface area contributed by atoms with Gasteiger partial charge in [0, 0.05) is 6.04 Å². The smallest absolute Gasteiger partial charge is 0.323 e. The zero-order valence-electron chi connectivity index (χ0n) is 12.1. The number of ether oxygens (including phenoxy) is 1. The first-order chi connectivity index (χ1) is 9.27. The molecule has 0 amide bonds.